The average Bonchev–Trinajstić information content (AvgIpc) is 2.96. The van der Waals surface area contributed by atoms with Gasteiger partial charge in [0, 0.05) is 31.5 Å². The summed E-state index contributed by atoms with van der Waals surface area (Å²) in [5, 5.41) is 9.39. The molecule has 8 nitrogen and oxygen atoms in total. The fraction of sp³-hybridized carbons (Fsp3) is 0.312. The third kappa shape index (κ3) is 5.01. The Kier molecular flexibility index (Phi) is 5.78. The summed E-state index contributed by atoms with van der Waals surface area (Å²) in [5.74, 6) is -0.342. The van der Waals surface area contributed by atoms with Gasteiger partial charge in [-0.2, -0.15) is 5.10 Å². The highest BCUT2D eigenvalue weighted by atomic mass is 16.5. The number of primary amides is 1. The summed E-state index contributed by atoms with van der Waals surface area (Å²) in [4.78, 5) is 23.5. The minimum atomic E-state index is -0.509. The molecule has 8 heteroatoms. The molecule has 1 heterocycles. The van der Waals surface area contributed by atoms with Crippen LogP contribution in [0.25, 0.3) is 0 Å². The summed E-state index contributed by atoms with van der Waals surface area (Å²) >= 11 is 0. The van der Waals surface area contributed by atoms with Crippen LogP contribution in [0.4, 0.5) is 10.5 Å². The molecule has 1 aromatic carbocycles. The highest BCUT2D eigenvalue weighted by Gasteiger charge is 2.18. The molecular weight excluding hydrogens is 310 g/mol. The molecule has 4 N–H and O–H groups in total. The first kappa shape index (κ1) is 17.3. The largest absolute Gasteiger partial charge is 0.497 e. The molecule has 0 radical (unpaired) electrons. The van der Waals surface area contributed by atoms with E-state index in [4.69, 9.17) is 10.5 Å². The van der Waals surface area contributed by atoms with Gasteiger partial charge in [0.15, 0.2) is 0 Å². The molecule has 1 atom stereocenters. The second-order valence-corrected chi connectivity index (χ2v) is 5.39. The monoisotopic (exact) mass is 331 g/mol. The van der Waals surface area contributed by atoms with Crippen molar-refractivity contribution in [2.75, 3.05) is 19.0 Å². The van der Waals surface area contributed by atoms with E-state index in [1.165, 1.54) is 0 Å². The zero-order valence-corrected chi connectivity index (χ0v) is 13.7. The summed E-state index contributed by atoms with van der Waals surface area (Å²) in [5.41, 5.74) is 6.89. The van der Waals surface area contributed by atoms with Crippen LogP contribution < -0.4 is 21.1 Å². The number of amides is 3. The van der Waals surface area contributed by atoms with Gasteiger partial charge in [-0.15, -0.1) is 0 Å². The van der Waals surface area contributed by atoms with Gasteiger partial charge in [-0.3, -0.25) is 9.48 Å². The van der Waals surface area contributed by atoms with Crippen LogP contribution in [0.5, 0.6) is 5.75 Å². The van der Waals surface area contributed by atoms with Gasteiger partial charge in [0.05, 0.1) is 19.2 Å². The Morgan fingerprint density at radius 2 is 2.21 bits per heavy atom. The number of nitrogens with two attached hydrogens (primary N) is 1. The summed E-state index contributed by atoms with van der Waals surface area (Å²) in [6, 6.07) is 6.56. The number of methoxy groups -OCH3 is 1. The molecule has 3 amide bonds. The van der Waals surface area contributed by atoms with Crippen LogP contribution in [-0.2, 0) is 18.3 Å². The van der Waals surface area contributed by atoms with Crippen molar-refractivity contribution in [2.45, 2.75) is 6.42 Å². The van der Waals surface area contributed by atoms with Crippen molar-refractivity contribution in [1.82, 2.24) is 15.1 Å². The number of ether oxygens (including phenoxy) is 1. The standard InChI is InChI=1S/C16H21N5O3/c1-21-10-11(8-19-21)6-12(15(17)22)9-18-16(23)20-13-4-3-5-14(7-13)24-2/h3-5,7-8,10,12H,6,9H2,1-2H3,(H2,17,22)(H2,18,20,23)/t12-/m1/s1. The van der Waals surface area contributed by atoms with E-state index in [1.54, 1.807) is 49.3 Å². The van der Waals surface area contributed by atoms with E-state index in [0.717, 1.165) is 5.56 Å². The molecular formula is C16H21N5O3. The van der Waals surface area contributed by atoms with Gasteiger partial charge in [0.25, 0.3) is 0 Å². The number of anilines is 1. The molecule has 0 saturated carbocycles. The Hall–Kier alpha value is -3.03. The lowest BCUT2D eigenvalue weighted by Crippen LogP contribution is -2.39. The van der Waals surface area contributed by atoms with E-state index < -0.39 is 17.9 Å². The Bertz CT molecular complexity index is 713. The average molecular weight is 331 g/mol. The first-order chi connectivity index (χ1) is 11.5. The summed E-state index contributed by atoms with van der Waals surface area (Å²) in [6.45, 7) is 0.139. The van der Waals surface area contributed by atoms with Crippen LogP contribution in [0.3, 0.4) is 0 Å². The van der Waals surface area contributed by atoms with Crippen molar-refractivity contribution in [3.8, 4) is 5.75 Å². The maximum atomic E-state index is 12.0. The molecule has 128 valence electrons. The van der Waals surface area contributed by atoms with Crippen LogP contribution in [0.2, 0.25) is 0 Å². The molecule has 0 bridgehead atoms. The molecule has 0 saturated heterocycles. The Morgan fingerprint density at radius 1 is 1.42 bits per heavy atom. The smallest absolute Gasteiger partial charge is 0.319 e. The number of aryl methyl sites for hydroxylation is 1. The van der Waals surface area contributed by atoms with E-state index in [2.05, 4.69) is 15.7 Å². The maximum absolute atomic E-state index is 12.0. The number of nitrogens with one attached hydrogen (secondary N) is 2. The number of carbonyl (C=O) groups excluding carboxylic acids is 2. The van der Waals surface area contributed by atoms with Gasteiger partial charge in [-0.1, -0.05) is 6.07 Å². The van der Waals surface area contributed by atoms with Crippen molar-refractivity contribution in [2.24, 2.45) is 18.7 Å². The van der Waals surface area contributed by atoms with Crippen molar-refractivity contribution in [1.29, 1.82) is 0 Å². The number of urea groups is 1. The van der Waals surface area contributed by atoms with E-state index in [9.17, 15) is 9.59 Å². The first-order valence-electron chi connectivity index (χ1n) is 7.43. The fourth-order valence-electron chi connectivity index (χ4n) is 2.23. The highest BCUT2D eigenvalue weighted by molar-refractivity contribution is 5.89. The number of hydrogen-bond donors (Lipinski definition) is 3. The molecule has 2 rings (SSSR count). The third-order valence-electron chi connectivity index (χ3n) is 3.48. The van der Waals surface area contributed by atoms with Crippen molar-refractivity contribution >= 4 is 17.6 Å². The van der Waals surface area contributed by atoms with E-state index in [-0.39, 0.29) is 6.54 Å². The minimum absolute atomic E-state index is 0.139. The molecule has 0 aliphatic rings. The lowest BCUT2D eigenvalue weighted by atomic mass is 10.0. The van der Waals surface area contributed by atoms with Crippen LogP contribution in [0.15, 0.2) is 36.7 Å². The SMILES string of the molecule is COc1cccc(NC(=O)NC[C@@H](Cc2cnn(C)c2)C(N)=O)c1. The number of benzene rings is 1. The number of hydrogen-bond acceptors (Lipinski definition) is 4. The van der Waals surface area contributed by atoms with Crippen LogP contribution in [0, 0.1) is 5.92 Å². The van der Waals surface area contributed by atoms with Crippen LogP contribution in [0.1, 0.15) is 5.56 Å². The highest BCUT2D eigenvalue weighted by Crippen LogP contribution is 2.16. The topological polar surface area (TPSA) is 111 Å². The lowest BCUT2D eigenvalue weighted by Gasteiger charge is -2.14. The Morgan fingerprint density at radius 3 is 2.83 bits per heavy atom. The fourth-order valence-corrected chi connectivity index (χ4v) is 2.23. The van der Waals surface area contributed by atoms with Crippen molar-refractivity contribution in [3.05, 3.63) is 42.2 Å². The van der Waals surface area contributed by atoms with Crippen molar-refractivity contribution < 1.29 is 14.3 Å². The summed E-state index contributed by atoms with van der Waals surface area (Å²) in [6.07, 6.45) is 3.90. The predicted octanol–water partition coefficient (Wildman–Crippen LogP) is 0.894. The molecule has 0 fully saturated rings. The quantitative estimate of drug-likeness (QED) is 0.699. The number of nitrogens with zero attached hydrogens (tertiary/aromatic N) is 2. The molecule has 0 aliphatic carbocycles. The molecule has 0 unspecified atom stereocenters. The van der Waals surface area contributed by atoms with Crippen LogP contribution in [-0.4, -0.2) is 35.4 Å². The van der Waals surface area contributed by atoms with E-state index >= 15 is 0 Å². The Labute approximate surface area is 140 Å². The number of rotatable bonds is 7. The lowest BCUT2D eigenvalue weighted by molar-refractivity contribution is -0.121. The minimum Gasteiger partial charge on any atom is -0.497 e. The van der Waals surface area contributed by atoms with Gasteiger partial charge in [0.2, 0.25) is 5.91 Å². The second-order valence-electron chi connectivity index (χ2n) is 5.39. The normalized spacial score (nSPS) is 11.6. The molecule has 2 aromatic rings. The van der Waals surface area contributed by atoms with Gasteiger partial charge in [-0.05, 0) is 24.1 Å². The summed E-state index contributed by atoms with van der Waals surface area (Å²) < 4.78 is 6.74. The molecule has 1 aromatic heterocycles. The van der Waals surface area contributed by atoms with E-state index in [1.807, 2.05) is 6.20 Å². The zero-order valence-electron chi connectivity index (χ0n) is 13.7. The number of carbonyl (C=O) groups is 2. The van der Waals surface area contributed by atoms with Gasteiger partial charge in [-0.25, -0.2) is 4.79 Å². The maximum Gasteiger partial charge on any atom is 0.319 e. The van der Waals surface area contributed by atoms with Gasteiger partial charge in [0.1, 0.15) is 5.75 Å². The molecule has 24 heavy (non-hydrogen) atoms. The van der Waals surface area contributed by atoms with E-state index in [0.29, 0.717) is 17.9 Å². The zero-order chi connectivity index (χ0) is 17.5. The molecule has 0 spiro atoms. The predicted molar refractivity (Wildman–Crippen MR) is 89.6 cm³/mol. The Balaban J connectivity index is 1.88. The van der Waals surface area contributed by atoms with Crippen molar-refractivity contribution in [3.63, 3.8) is 0 Å². The first-order valence-corrected chi connectivity index (χ1v) is 7.43. The van der Waals surface area contributed by atoms with Gasteiger partial charge < -0.3 is 21.1 Å². The summed E-state index contributed by atoms with van der Waals surface area (Å²) in [7, 11) is 3.34. The number of aromatic nitrogens is 2. The second kappa shape index (κ2) is 8.00. The van der Waals surface area contributed by atoms with Gasteiger partial charge >= 0.3 is 6.03 Å². The third-order valence-corrected chi connectivity index (χ3v) is 3.48. The molecule has 0 aliphatic heterocycles. The van der Waals surface area contributed by atoms with Crippen LogP contribution >= 0.6 is 0 Å².